The standard InChI is InChI=1S/C20H20ClNO4/c1-2-3-10-24-17-7-5-4-6-15(17)13-22(20(23)12-21)16-8-9-18-19(11-16)26-14-25-18/h2-9,11H,10,12-14H2,1H3/b3-2-. The minimum absolute atomic E-state index is 0.115. The van der Waals surface area contributed by atoms with Gasteiger partial charge in [-0.25, -0.2) is 0 Å². The van der Waals surface area contributed by atoms with E-state index in [1.807, 2.05) is 49.4 Å². The summed E-state index contributed by atoms with van der Waals surface area (Å²) < 4.78 is 16.5. The molecule has 2 aromatic carbocycles. The lowest BCUT2D eigenvalue weighted by molar-refractivity contribution is -0.116. The van der Waals surface area contributed by atoms with Crippen LogP contribution in [0.1, 0.15) is 12.5 Å². The lowest BCUT2D eigenvalue weighted by atomic mass is 10.1. The van der Waals surface area contributed by atoms with Crippen molar-refractivity contribution >= 4 is 23.2 Å². The van der Waals surface area contributed by atoms with E-state index in [4.69, 9.17) is 25.8 Å². The van der Waals surface area contributed by atoms with Crippen molar-refractivity contribution in [3.8, 4) is 17.2 Å². The highest BCUT2D eigenvalue weighted by molar-refractivity contribution is 6.29. The van der Waals surface area contributed by atoms with Crippen LogP contribution < -0.4 is 19.1 Å². The van der Waals surface area contributed by atoms with Gasteiger partial charge in [0.2, 0.25) is 12.7 Å². The van der Waals surface area contributed by atoms with Crippen LogP contribution in [-0.2, 0) is 11.3 Å². The molecule has 0 aromatic heterocycles. The van der Waals surface area contributed by atoms with E-state index >= 15 is 0 Å². The quantitative estimate of drug-likeness (QED) is 0.540. The normalized spacial score (nSPS) is 12.4. The summed E-state index contributed by atoms with van der Waals surface area (Å²) in [4.78, 5) is 14.1. The first kappa shape index (κ1) is 18.1. The molecule has 0 radical (unpaired) electrons. The van der Waals surface area contributed by atoms with E-state index in [9.17, 15) is 4.79 Å². The first-order valence-corrected chi connectivity index (χ1v) is 8.84. The molecule has 0 aliphatic carbocycles. The number of hydrogen-bond donors (Lipinski definition) is 0. The number of allylic oxidation sites excluding steroid dienone is 1. The maximum absolute atomic E-state index is 12.5. The fourth-order valence-electron chi connectivity index (χ4n) is 2.63. The zero-order valence-corrected chi connectivity index (χ0v) is 15.2. The van der Waals surface area contributed by atoms with Gasteiger partial charge in [0, 0.05) is 17.3 Å². The van der Waals surface area contributed by atoms with E-state index in [0.717, 1.165) is 11.3 Å². The number of amides is 1. The van der Waals surface area contributed by atoms with Crippen LogP contribution in [0.3, 0.4) is 0 Å². The Balaban J connectivity index is 1.87. The van der Waals surface area contributed by atoms with Gasteiger partial charge in [0.05, 0.1) is 6.54 Å². The Kier molecular flexibility index (Phi) is 6.02. The van der Waals surface area contributed by atoms with Crippen molar-refractivity contribution in [3.63, 3.8) is 0 Å². The Morgan fingerprint density at radius 1 is 1.23 bits per heavy atom. The Hall–Kier alpha value is -2.66. The van der Waals surface area contributed by atoms with Gasteiger partial charge in [-0.1, -0.05) is 30.4 Å². The lowest BCUT2D eigenvalue weighted by Gasteiger charge is -2.23. The van der Waals surface area contributed by atoms with Crippen LogP contribution in [0.5, 0.6) is 17.2 Å². The smallest absolute Gasteiger partial charge is 0.242 e. The predicted octanol–water partition coefficient (Wildman–Crippen LogP) is 4.14. The number of fused-ring (bicyclic) bond motifs is 1. The van der Waals surface area contributed by atoms with Crippen LogP contribution in [0.2, 0.25) is 0 Å². The van der Waals surface area contributed by atoms with E-state index in [1.54, 1.807) is 17.0 Å². The molecule has 3 rings (SSSR count). The number of rotatable bonds is 7. The monoisotopic (exact) mass is 373 g/mol. The molecule has 26 heavy (non-hydrogen) atoms. The first-order chi connectivity index (χ1) is 12.7. The van der Waals surface area contributed by atoms with Gasteiger partial charge in [-0.3, -0.25) is 4.79 Å². The van der Waals surface area contributed by atoms with E-state index in [0.29, 0.717) is 30.3 Å². The van der Waals surface area contributed by atoms with Gasteiger partial charge in [-0.05, 0) is 25.1 Å². The average molecular weight is 374 g/mol. The molecule has 0 N–H and O–H groups in total. The molecule has 5 nitrogen and oxygen atoms in total. The molecule has 6 heteroatoms. The number of carbonyl (C=O) groups is 1. The van der Waals surface area contributed by atoms with Crippen molar-refractivity contribution < 1.29 is 19.0 Å². The van der Waals surface area contributed by atoms with Crippen LogP contribution in [-0.4, -0.2) is 25.2 Å². The summed E-state index contributed by atoms with van der Waals surface area (Å²) >= 11 is 5.83. The maximum atomic E-state index is 12.5. The van der Waals surface area contributed by atoms with Crippen molar-refractivity contribution in [1.82, 2.24) is 0 Å². The Morgan fingerprint density at radius 2 is 2.04 bits per heavy atom. The topological polar surface area (TPSA) is 48.0 Å². The second-order valence-corrected chi connectivity index (χ2v) is 5.91. The van der Waals surface area contributed by atoms with Crippen LogP contribution in [0.25, 0.3) is 0 Å². The van der Waals surface area contributed by atoms with Crippen molar-refractivity contribution in [1.29, 1.82) is 0 Å². The molecule has 1 aliphatic rings. The molecular weight excluding hydrogens is 354 g/mol. The highest BCUT2D eigenvalue weighted by Crippen LogP contribution is 2.36. The summed E-state index contributed by atoms with van der Waals surface area (Å²) in [6.45, 7) is 2.94. The molecule has 1 amide bonds. The number of hydrogen-bond acceptors (Lipinski definition) is 4. The summed E-state index contributed by atoms with van der Waals surface area (Å²) in [5.74, 6) is 1.71. The maximum Gasteiger partial charge on any atom is 0.242 e. The number of alkyl halides is 1. The van der Waals surface area contributed by atoms with Gasteiger partial charge < -0.3 is 19.1 Å². The Bertz CT molecular complexity index is 806. The van der Waals surface area contributed by atoms with Crippen LogP contribution in [0.4, 0.5) is 5.69 Å². The molecule has 0 bridgehead atoms. The molecule has 1 heterocycles. The second-order valence-electron chi connectivity index (χ2n) is 5.64. The number of carbonyl (C=O) groups excluding carboxylic acids is 1. The van der Waals surface area contributed by atoms with Gasteiger partial charge in [0.1, 0.15) is 18.2 Å². The zero-order valence-electron chi connectivity index (χ0n) is 14.5. The van der Waals surface area contributed by atoms with E-state index in [1.165, 1.54) is 0 Å². The molecule has 0 spiro atoms. The van der Waals surface area contributed by atoms with Crippen LogP contribution >= 0.6 is 11.6 Å². The summed E-state index contributed by atoms with van der Waals surface area (Å²) in [7, 11) is 0. The number of ether oxygens (including phenoxy) is 3. The minimum Gasteiger partial charge on any atom is -0.489 e. The third kappa shape index (κ3) is 4.11. The van der Waals surface area contributed by atoms with Crippen molar-refractivity contribution in [2.75, 3.05) is 24.2 Å². The van der Waals surface area contributed by atoms with Gasteiger partial charge in [-0.2, -0.15) is 0 Å². The second kappa shape index (κ2) is 8.63. The highest BCUT2D eigenvalue weighted by Gasteiger charge is 2.21. The molecule has 0 saturated carbocycles. The largest absolute Gasteiger partial charge is 0.489 e. The molecule has 0 unspecified atom stereocenters. The number of benzene rings is 2. The van der Waals surface area contributed by atoms with Gasteiger partial charge in [-0.15, -0.1) is 11.6 Å². The fraction of sp³-hybridized carbons (Fsp3) is 0.250. The highest BCUT2D eigenvalue weighted by atomic mass is 35.5. The lowest BCUT2D eigenvalue weighted by Crippen LogP contribution is -2.31. The minimum atomic E-state index is -0.200. The molecule has 0 atom stereocenters. The third-order valence-corrected chi connectivity index (χ3v) is 4.18. The molecule has 136 valence electrons. The molecular formula is C20H20ClNO4. The van der Waals surface area contributed by atoms with Crippen LogP contribution in [0.15, 0.2) is 54.6 Å². The van der Waals surface area contributed by atoms with E-state index in [2.05, 4.69) is 0 Å². The van der Waals surface area contributed by atoms with Crippen molar-refractivity contribution in [2.24, 2.45) is 0 Å². The van der Waals surface area contributed by atoms with Gasteiger partial charge in [0.15, 0.2) is 11.5 Å². The summed E-state index contributed by atoms with van der Waals surface area (Å²) in [5, 5.41) is 0. The fourth-order valence-corrected chi connectivity index (χ4v) is 2.77. The summed E-state index contributed by atoms with van der Waals surface area (Å²) in [5.41, 5.74) is 1.59. The Labute approximate surface area is 157 Å². The number of nitrogens with zero attached hydrogens (tertiary/aromatic N) is 1. The summed E-state index contributed by atoms with van der Waals surface area (Å²) in [6, 6.07) is 13.1. The third-order valence-electron chi connectivity index (χ3n) is 3.96. The molecule has 0 saturated heterocycles. The van der Waals surface area contributed by atoms with Gasteiger partial charge >= 0.3 is 0 Å². The number of para-hydroxylation sites is 1. The molecule has 2 aromatic rings. The SMILES string of the molecule is C/C=C\COc1ccccc1CN(C(=O)CCl)c1ccc2c(c1)OCO2. The van der Waals surface area contributed by atoms with Crippen molar-refractivity contribution in [2.45, 2.75) is 13.5 Å². The molecule has 1 aliphatic heterocycles. The van der Waals surface area contributed by atoms with Crippen molar-refractivity contribution in [3.05, 3.63) is 60.2 Å². The number of anilines is 1. The number of halogens is 1. The van der Waals surface area contributed by atoms with E-state index < -0.39 is 0 Å². The van der Waals surface area contributed by atoms with Gasteiger partial charge in [0.25, 0.3) is 0 Å². The Morgan fingerprint density at radius 3 is 2.85 bits per heavy atom. The first-order valence-electron chi connectivity index (χ1n) is 8.30. The summed E-state index contributed by atoms with van der Waals surface area (Å²) in [6.07, 6.45) is 3.86. The molecule has 0 fully saturated rings. The average Bonchev–Trinajstić information content (AvgIpc) is 3.14. The van der Waals surface area contributed by atoms with Crippen LogP contribution in [0, 0.1) is 0 Å². The zero-order chi connectivity index (χ0) is 18.4. The van der Waals surface area contributed by atoms with E-state index in [-0.39, 0.29) is 18.6 Å². The predicted molar refractivity (Wildman–Crippen MR) is 101 cm³/mol.